The number of ether oxygens (including phenoxy) is 1. The zero-order valence-electron chi connectivity index (χ0n) is 27.2. The average Bonchev–Trinajstić information content (AvgIpc) is 2.92. The number of hydrogen-bond donors (Lipinski definition) is 2. The molecule has 234 valence electrons. The molecule has 0 saturated heterocycles. The first-order valence-corrected chi connectivity index (χ1v) is 15.5. The number of carbonyl (C=O) groups excluding carboxylic acids is 3. The van der Waals surface area contributed by atoms with E-state index in [4.69, 9.17) is 11.2 Å². The Labute approximate surface area is 259 Å². The largest absolute Gasteiger partial charge is 0.444 e. The molecule has 2 aromatic carbocycles. The van der Waals surface area contributed by atoms with E-state index in [0.717, 1.165) is 37.7 Å². The first-order valence-electron chi connectivity index (χ1n) is 15.5. The highest BCUT2D eigenvalue weighted by molar-refractivity contribution is 5.93. The van der Waals surface area contributed by atoms with Gasteiger partial charge in [-0.1, -0.05) is 93.5 Å². The second kappa shape index (κ2) is 16.7. The van der Waals surface area contributed by atoms with Gasteiger partial charge < -0.3 is 20.3 Å². The Morgan fingerprint density at radius 1 is 0.884 bits per heavy atom. The van der Waals surface area contributed by atoms with Gasteiger partial charge in [0.1, 0.15) is 17.7 Å². The molecule has 3 amide bonds. The van der Waals surface area contributed by atoms with Crippen LogP contribution in [0.5, 0.6) is 0 Å². The Balaban J connectivity index is 2.60. The van der Waals surface area contributed by atoms with Crippen molar-refractivity contribution in [3.63, 3.8) is 0 Å². The number of benzene rings is 2. The zero-order valence-corrected chi connectivity index (χ0v) is 27.2. The molecule has 0 spiro atoms. The van der Waals surface area contributed by atoms with E-state index in [9.17, 15) is 14.4 Å². The van der Waals surface area contributed by atoms with Crippen LogP contribution in [0.3, 0.4) is 0 Å². The summed E-state index contributed by atoms with van der Waals surface area (Å²) in [6, 6.07) is 14.8. The number of unbranched alkanes of at least 4 members (excludes halogenated alkanes) is 5. The molecule has 0 aliphatic heterocycles. The Morgan fingerprint density at radius 2 is 1.49 bits per heavy atom. The lowest BCUT2D eigenvalue weighted by Gasteiger charge is -2.36. The lowest BCUT2D eigenvalue weighted by atomic mass is 9.95. The van der Waals surface area contributed by atoms with Crippen LogP contribution in [0.2, 0.25) is 0 Å². The molecule has 0 aliphatic rings. The van der Waals surface area contributed by atoms with Gasteiger partial charge in [0, 0.05) is 24.1 Å². The summed E-state index contributed by atoms with van der Waals surface area (Å²) in [6.45, 7) is 13.5. The summed E-state index contributed by atoms with van der Waals surface area (Å²) < 4.78 is 5.54. The van der Waals surface area contributed by atoms with Crippen LogP contribution in [-0.2, 0) is 20.7 Å². The summed E-state index contributed by atoms with van der Waals surface area (Å²) in [5.74, 6) is 2.00. The number of alkyl carbamates (subject to hydrolysis) is 1. The fourth-order valence-electron chi connectivity index (χ4n) is 4.88. The zero-order chi connectivity index (χ0) is 32.0. The van der Waals surface area contributed by atoms with E-state index < -0.39 is 29.3 Å². The van der Waals surface area contributed by atoms with Crippen LogP contribution in [0.25, 0.3) is 0 Å². The summed E-state index contributed by atoms with van der Waals surface area (Å²) in [5.41, 5.74) is 0.687. The maximum absolute atomic E-state index is 14.6. The van der Waals surface area contributed by atoms with Crippen LogP contribution in [0, 0.1) is 12.3 Å². The summed E-state index contributed by atoms with van der Waals surface area (Å²) in [6.07, 6.45) is 11.5. The molecule has 0 aromatic heterocycles. The van der Waals surface area contributed by atoms with E-state index in [1.54, 1.807) is 37.8 Å². The van der Waals surface area contributed by atoms with Crippen LogP contribution in [0.4, 0.5) is 4.79 Å². The molecule has 2 N–H and O–H groups in total. The third kappa shape index (κ3) is 12.5. The van der Waals surface area contributed by atoms with Gasteiger partial charge in [-0.15, -0.1) is 6.42 Å². The molecule has 7 heteroatoms. The fourth-order valence-corrected chi connectivity index (χ4v) is 4.88. The predicted molar refractivity (Wildman–Crippen MR) is 173 cm³/mol. The van der Waals surface area contributed by atoms with Crippen molar-refractivity contribution in [2.45, 2.75) is 117 Å². The molecule has 7 nitrogen and oxygen atoms in total. The number of hydrogen-bond acceptors (Lipinski definition) is 4. The Kier molecular flexibility index (Phi) is 13.8. The summed E-state index contributed by atoms with van der Waals surface area (Å²) in [7, 11) is 0. The molecule has 0 radical (unpaired) electrons. The number of nitrogens with zero attached hydrogens (tertiary/aromatic N) is 1. The van der Waals surface area contributed by atoms with Crippen LogP contribution < -0.4 is 10.6 Å². The normalized spacial score (nSPS) is 12.9. The first-order chi connectivity index (χ1) is 20.3. The molecule has 0 fully saturated rings. The second-order valence-corrected chi connectivity index (χ2v) is 13.1. The quantitative estimate of drug-likeness (QED) is 0.184. The molecule has 43 heavy (non-hydrogen) atoms. The van der Waals surface area contributed by atoms with Crippen LogP contribution in [0.15, 0.2) is 54.6 Å². The van der Waals surface area contributed by atoms with E-state index >= 15 is 0 Å². The topological polar surface area (TPSA) is 87.7 Å². The molecular formula is C36H51N3O4. The highest BCUT2D eigenvalue weighted by Gasteiger charge is 2.38. The SMILES string of the molecule is C#Cc1ccccc1C(C(=O)NC(C)(C)C)N(CCCCCCCC)C(=O)C(Cc1ccccc1)NC(=O)OC(C)(C)C. The van der Waals surface area contributed by atoms with Gasteiger partial charge in [-0.3, -0.25) is 9.59 Å². The molecule has 0 saturated carbocycles. The minimum Gasteiger partial charge on any atom is -0.444 e. The average molecular weight is 590 g/mol. The van der Waals surface area contributed by atoms with Crippen molar-refractivity contribution < 1.29 is 19.1 Å². The highest BCUT2D eigenvalue weighted by atomic mass is 16.6. The van der Waals surface area contributed by atoms with Gasteiger partial charge in [0.25, 0.3) is 0 Å². The Bertz CT molecular complexity index is 1220. The van der Waals surface area contributed by atoms with E-state index in [1.807, 2.05) is 63.2 Å². The maximum atomic E-state index is 14.6. The molecule has 2 rings (SSSR count). The van der Waals surface area contributed by atoms with Crippen LogP contribution in [0.1, 0.15) is 110 Å². The summed E-state index contributed by atoms with van der Waals surface area (Å²) >= 11 is 0. The second-order valence-electron chi connectivity index (χ2n) is 13.1. The minimum atomic E-state index is -0.992. The Hall–Kier alpha value is -3.79. The fraction of sp³-hybridized carbons (Fsp3) is 0.528. The smallest absolute Gasteiger partial charge is 0.408 e. The maximum Gasteiger partial charge on any atom is 0.408 e. The third-order valence-electron chi connectivity index (χ3n) is 6.78. The number of carbonyl (C=O) groups is 3. The van der Waals surface area contributed by atoms with Crippen molar-refractivity contribution in [3.8, 4) is 12.3 Å². The number of nitrogens with one attached hydrogen (secondary N) is 2. The molecule has 0 aliphatic carbocycles. The summed E-state index contributed by atoms with van der Waals surface area (Å²) in [4.78, 5) is 43.3. The molecule has 0 bridgehead atoms. The van der Waals surface area contributed by atoms with E-state index in [2.05, 4.69) is 23.5 Å². The monoisotopic (exact) mass is 589 g/mol. The van der Waals surface area contributed by atoms with Gasteiger partial charge in [0.2, 0.25) is 11.8 Å². The molecule has 2 aromatic rings. The highest BCUT2D eigenvalue weighted by Crippen LogP contribution is 2.28. The van der Waals surface area contributed by atoms with E-state index in [0.29, 0.717) is 24.1 Å². The van der Waals surface area contributed by atoms with Crippen LogP contribution >= 0.6 is 0 Å². The molecule has 2 atom stereocenters. The van der Waals surface area contributed by atoms with Crippen molar-refractivity contribution in [1.29, 1.82) is 0 Å². The first kappa shape index (κ1) is 35.4. The van der Waals surface area contributed by atoms with E-state index in [1.165, 1.54) is 0 Å². The van der Waals surface area contributed by atoms with Crippen molar-refractivity contribution in [2.24, 2.45) is 0 Å². The van der Waals surface area contributed by atoms with Gasteiger partial charge in [-0.25, -0.2) is 4.79 Å². The van der Waals surface area contributed by atoms with Crippen molar-refractivity contribution in [2.75, 3.05) is 6.54 Å². The van der Waals surface area contributed by atoms with Gasteiger partial charge in [0.05, 0.1) is 0 Å². The molecule has 0 heterocycles. The van der Waals surface area contributed by atoms with Crippen LogP contribution in [-0.4, -0.2) is 46.5 Å². The van der Waals surface area contributed by atoms with Crippen molar-refractivity contribution in [1.82, 2.24) is 15.5 Å². The number of rotatable bonds is 14. The minimum absolute atomic E-state index is 0.232. The number of amides is 3. The van der Waals surface area contributed by atoms with Gasteiger partial charge >= 0.3 is 6.09 Å². The summed E-state index contributed by atoms with van der Waals surface area (Å²) in [5, 5.41) is 5.89. The van der Waals surface area contributed by atoms with Gasteiger partial charge in [-0.2, -0.15) is 0 Å². The number of terminal acetylenes is 1. The standard InChI is InChI=1S/C36H51N3O4/c1-9-11-12-13-14-20-25-39(31(32(40)38-35(3,4)5)29-24-19-18-23-28(29)10-2)33(41)30(26-27-21-16-15-17-22-27)37-34(42)43-36(6,7)8/h2,15-19,21-24,30-31H,9,11-14,20,25-26H2,1,3-8H3,(H,37,42)(H,38,40). The Morgan fingerprint density at radius 3 is 2.09 bits per heavy atom. The van der Waals surface area contributed by atoms with E-state index in [-0.39, 0.29) is 18.2 Å². The predicted octanol–water partition coefficient (Wildman–Crippen LogP) is 6.95. The lowest BCUT2D eigenvalue weighted by Crippen LogP contribution is -2.55. The molecular weight excluding hydrogens is 538 g/mol. The van der Waals surface area contributed by atoms with Gasteiger partial charge in [0.15, 0.2) is 0 Å². The van der Waals surface area contributed by atoms with Crippen molar-refractivity contribution >= 4 is 17.9 Å². The third-order valence-corrected chi connectivity index (χ3v) is 6.78. The molecule has 2 unspecified atom stereocenters. The lowest BCUT2D eigenvalue weighted by molar-refractivity contribution is -0.143. The van der Waals surface area contributed by atoms with Crippen molar-refractivity contribution in [3.05, 3.63) is 71.3 Å². The van der Waals surface area contributed by atoms with Gasteiger partial charge in [-0.05, 0) is 65.2 Å².